The average Bonchev–Trinajstić information content (AvgIpc) is 2.25. The van der Waals surface area contributed by atoms with E-state index in [1.807, 2.05) is 6.92 Å². The fraction of sp³-hybridized carbons (Fsp3) is 0.400. The van der Waals surface area contributed by atoms with Gasteiger partial charge in [0.2, 0.25) is 0 Å². The molecule has 0 fully saturated rings. The first kappa shape index (κ1) is 11.6. The van der Waals surface area contributed by atoms with Gasteiger partial charge in [-0.1, -0.05) is 18.2 Å². The fourth-order valence-electron chi connectivity index (χ4n) is 1.43. The van der Waals surface area contributed by atoms with Crippen LogP contribution in [-0.2, 0) is 0 Å². The molecule has 5 heteroatoms. The Balaban J connectivity index is 2.87. The van der Waals surface area contributed by atoms with Crippen molar-refractivity contribution in [2.45, 2.75) is 13.0 Å². The Morgan fingerprint density at radius 2 is 2.20 bits per heavy atom. The second-order valence-corrected chi connectivity index (χ2v) is 3.28. The van der Waals surface area contributed by atoms with E-state index in [9.17, 15) is 10.1 Å². The predicted octanol–water partition coefficient (Wildman–Crippen LogP) is 1.20. The van der Waals surface area contributed by atoms with E-state index in [1.165, 1.54) is 6.07 Å². The van der Waals surface area contributed by atoms with E-state index in [0.717, 1.165) is 0 Å². The molecular weight excluding hydrogens is 194 g/mol. The molecule has 82 valence electrons. The number of nitro benzene ring substituents is 1. The molecule has 0 bridgehead atoms. The average molecular weight is 209 g/mol. The number of hydrogen-bond donors (Lipinski definition) is 2. The van der Waals surface area contributed by atoms with Crippen LogP contribution < -0.4 is 11.1 Å². The molecule has 0 spiro atoms. The Bertz CT molecular complexity index is 341. The third-order valence-corrected chi connectivity index (χ3v) is 2.19. The van der Waals surface area contributed by atoms with Crippen molar-refractivity contribution in [2.24, 2.45) is 5.73 Å². The summed E-state index contributed by atoms with van der Waals surface area (Å²) in [5.74, 6) is 0. The molecule has 0 aromatic heterocycles. The summed E-state index contributed by atoms with van der Waals surface area (Å²) >= 11 is 0. The summed E-state index contributed by atoms with van der Waals surface area (Å²) in [6.45, 7) is 3.05. The standard InChI is InChI=1S/C10H15N3O2/c1-8(12-7-6-11)9-4-2-3-5-10(9)13(14)15/h2-5,8,12H,6-7,11H2,1H3. The highest BCUT2D eigenvalue weighted by atomic mass is 16.6. The van der Waals surface area contributed by atoms with Crippen LogP contribution in [0.25, 0.3) is 0 Å². The zero-order chi connectivity index (χ0) is 11.3. The number of nitro groups is 1. The van der Waals surface area contributed by atoms with Gasteiger partial charge in [-0.2, -0.15) is 0 Å². The van der Waals surface area contributed by atoms with Crippen molar-refractivity contribution in [3.63, 3.8) is 0 Å². The van der Waals surface area contributed by atoms with E-state index in [0.29, 0.717) is 18.7 Å². The normalized spacial score (nSPS) is 12.4. The number of benzene rings is 1. The number of hydrogen-bond acceptors (Lipinski definition) is 4. The molecular formula is C10H15N3O2. The maximum atomic E-state index is 10.8. The van der Waals surface area contributed by atoms with E-state index in [4.69, 9.17) is 5.73 Å². The Morgan fingerprint density at radius 1 is 1.53 bits per heavy atom. The highest BCUT2D eigenvalue weighted by Gasteiger charge is 2.16. The third-order valence-electron chi connectivity index (χ3n) is 2.19. The second-order valence-electron chi connectivity index (χ2n) is 3.28. The van der Waals surface area contributed by atoms with Crippen LogP contribution in [0.4, 0.5) is 5.69 Å². The van der Waals surface area contributed by atoms with Gasteiger partial charge in [0.15, 0.2) is 0 Å². The third kappa shape index (κ3) is 3.00. The SMILES string of the molecule is CC(NCCN)c1ccccc1[N+](=O)[O-]. The lowest BCUT2D eigenvalue weighted by Gasteiger charge is -2.13. The van der Waals surface area contributed by atoms with E-state index in [1.54, 1.807) is 18.2 Å². The van der Waals surface area contributed by atoms with Gasteiger partial charge in [0, 0.05) is 30.8 Å². The molecule has 1 aromatic rings. The topological polar surface area (TPSA) is 81.2 Å². The Kier molecular flexibility index (Phi) is 4.20. The molecule has 1 atom stereocenters. The number of nitrogens with two attached hydrogens (primary N) is 1. The molecule has 0 radical (unpaired) electrons. The molecule has 15 heavy (non-hydrogen) atoms. The highest BCUT2D eigenvalue weighted by Crippen LogP contribution is 2.23. The van der Waals surface area contributed by atoms with Gasteiger partial charge in [0.25, 0.3) is 5.69 Å². The maximum absolute atomic E-state index is 10.8. The molecule has 0 aliphatic heterocycles. The zero-order valence-corrected chi connectivity index (χ0v) is 8.64. The number of nitrogens with zero attached hydrogens (tertiary/aromatic N) is 1. The van der Waals surface area contributed by atoms with E-state index in [-0.39, 0.29) is 16.7 Å². The lowest BCUT2D eigenvalue weighted by atomic mass is 10.1. The van der Waals surface area contributed by atoms with Gasteiger partial charge >= 0.3 is 0 Å². The van der Waals surface area contributed by atoms with E-state index < -0.39 is 0 Å². The number of nitrogens with one attached hydrogen (secondary N) is 1. The summed E-state index contributed by atoms with van der Waals surface area (Å²) in [7, 11) is 0. The van der Waals surface area contributed by atoms with Crippen LogP contribution in [0, 0.1) is 10.1 Å². The molecule has 0 amide bonds. The molecule has 1 unspecified atom stereocenters. The van der Waals surface area contributed by atoms with Crippen LogP contribution >= 0.6 is 0 Å². The van der Waals surface area contributed by atoms with Crippen molar-refractivity contribution < 1.29 is 4.92 Å². The molecule has 5 nitrogen and oxygen atoms in total. The van der Waals surface area contributed by atoms with Crippen molar-refractivity contribution in [3.05, 3.63) is 39.9 Å². The Labute approximate surface area is 88.4 Å². The fourth-order valence-corrected chi connectivity index (χ4v) is 1.43. The molecule has 1 rings (SSSR count). The van der Waals surface area contributed by atoms with Crippen molar-refractivity contribution in [1.29, 1.82) is 0 Å². The van der Waals surface area contributed by atoms with Crippen molar-refractivity contribution in [3.8, 4) is 0 Å². The molecule has 0 aliphatic carbocycles. The monoisotopic (exact) mass is 209 g/mol. The van der Waals surface area contributed by atoms with Crippen molar-refractivity contribution in [1.82, 2.24) is 5.32 Å². The predicted molar refractivity (Wildman–Crippen MR) is 58.6 cm³/mol. The minimum atomic E-state index is -0.365. The quantitative estimate of drug-likeness (QED) is 0.564. The first-order valence-corrected chi connectivity index (χ1v) is 4.83. The summed E-state index contributed by atoms with van der Waals surface area (Å²) in [4.78, 5) is 10.4. The first-order valence-electron chi connectivity index (χ1n) is 4.83. The van der Waals surface area contributed by atoms with Crippen molar-refractivity contribution >= 4 is 5.69 Å². The summed E-state index contributed by atoms with van der Waals surface area (Å²) < 4.78 is 0. The van der Waals surface area contributed by atoms with E-state index >= 15 is 0 Å². The van der Waals surface area contributed by atoms with Gasteiger partial charge in [-0.25, -0.2) is 0 Å². The van der Waals surface area contributed by atoms with Crippen LogP contribution in [0.3, 0.4) is 0 Å². The van der Waals surface area contributed by atoms with Gasteiger partial charge in [0.05, 0.1) is 4.92 Å². The summed E-state index contributed by atoms with van der Waals surface area (Å²) in [6, 6.07) is 6.66. The maximum Gasteiger partial charge on any atom is 0.274 e. The van der Waals surface area contributed by atoms with Gasteiger partial charge in [-0.15, -0.1) is 0 Å². The summed E-state index contributed by atoms with van der Waals surface area (Å²) in [6.07, 6.45) is 0. The van der Waals surface area contributed by atoms with E-state index in [2.05, 4.69) is 5.32 Å². The van der Waals surface area contributed by atoms with Crippen LogP contribution in [0.15, 0.2) is 24.3 Å². The molecule has 3 N–H and O–H groups in total. The summed E-state index contributed by atoms with van der Waals surface area (Å²) in [5.41, 5.74) is 6.19. The number of rotatable bonds is 5. The largest absolute Gasteiger partial charge is 0.329 e. The van der Waals surface area contributed by atoms with Crippen LogP contribution in [0.5, 0.6) is 0 Å². The van der Waals surface area contributed by atoms with Crippen LogP contribution in [-0.4, -0.2) is 18.0 Å². The summed E-state index contributed by atoms with van der Waals surface area (Å²) in [5, 5.41) is 13.9. The molecule has 1 aromatic carbocycles. The van der Waals surface area contributed by atoms with Crippen LogP contribution in [0.2, 0.25) is 0 Å². The molecule has 0 aliphatic rings. The molecule has 0 saturated heterocycles. The second kappa shape index (κ2) is 5.43. The Morgan fingerprint density at radius 3 is 2.80 bits per heavy atom. The lowest BCUT2D eigenvalue weighted by molar-refractivity contribution is -0.385. The van der Waals surface area contributed by atoms with Gasteiger partial charge in [0.1, 0.15) is 0 Å². The zero-order valence-electron chi connectivity index (χ0n) is 8.64. The Hall–Kier alpha value is -1.46. The van der Waals surface area contributed by atoms with Crippen molar-refractivity contribution in [2.75, 3.05) is 13.1 Å². The van der Waals surface area contributed by atoms with Crippen LogP contribution in [0.1, 0.15) is 18.5 Å². The number of para-hydroxylation sites is 1. The lowest BCUT2D eigenvalue weighted by Crippen LogP contribution is -2.25. The minimum Gasteiger partial charge on any atom is -0.329 e. The minimum absolute atomic E-state index is 0.0600. The molecule has 0 heterocycles. The van der Waals surface area contributed by atoms with Gasteiger partial charge in [-0.3, -0.25) is 10.1 Å². The van der Waals surface area contributed by atoms with Gasteiger partial charge in [-0.05, 0) is 6.92 Å². The molecule has 0 saturated carbocycles. The smallest absolute Gasteiger partial charge is 0.274 e. The first-order chi connectivity index (χ1) is 7.16. The van der Waals surface area contributed by atoms with Gasteiger partial charge < -0.3 is 11.1 Å². The highest BCUT2D eigenvalue weighted by molar-refractivity contribution is 5.41.